The van der Waals surface area contributed by atoms with Gasteiger partial charge < -0.3 is 5.32 Å². The molecule has 4 aromatic rings. The number of pyridine rings is 1. The Kier molecular flexibility index (Phi) is 5.54. The van der Waals surface area contributed by atoms with Crippen molar-refractivity contribution >= 4 is 22.9 Å². The van der Waals surface area contributed by atoms with Crippen LogP contribution >= 0.6 is 11.3 Å². The van der Waals surface area contributed by atoms with E-state index in [1.165, 1.54) is 0 Å². The largest absolute Gasteiger partial charge is 0.326 e. The van der Waals surface area contributed by atoms with Crippen molar-refractivity contribution in [1.29, 1.82) is 0 Å². The zero-order valence-electron chi connectivity index (χ0n) is 15.2. The maximum atomic E-state index is 13.1. The molecule has 0 aliphatic heterocycles. The topological polar surface area (TPSA) is 54.9 Å². The second-order valence-electron chi connectivity index (χ2n) is 6.43. The van der Waals surface area contributed by atoms with Gasteiger partial charge in [-0.05, 0) is 53.9 Å². The van der Waals surface area contributed by atoms with Gasteiger partial charge in [-0.3, -0.25) is 9.78 Å². The fraction of sp³-hybridized carbons (Fsp3) is 0.0870. The molecule has 1 atom stereocenters. The Morgan fingerprint density at radius 1 is 0.929 bits per heavy atom. The van der Waals surface area contributed by atoms with Gasteiger partial charge in [0.25, 0.3) is 0 Å². The summed E-state index contributed by atoms with van der Waals surface area (Å²) in [6.07, 6.45) is 5.92. The van der Waals surface area contributed by atoms with Crippen LogP contribution in [0.2, 0.25) is 0 Å². The van der Waals surface area contributed by atoms with Gasteiger partial charge in [-0.15, -0.1) is 11.3 Å². The van der Waals surface area contributed by atoms with E-state index >= 15 is 0 Å². The second kappa shape index (κ2) is 8.59. The summed E-state index contributed by atoms with van der Waals surface area (Å²) < 4.78 is 0. The first-order valence-electron chi connectivity index (χ1n) is 9.04. The Hall–Kier alpha value is -3.31. The summed E-state index contributed by atoms with van der Waals surface area (Å²) in [7, 11) is 0. The number of amides is 1. The molecule has 5 heteroatoms. The van der Waals surface area contributed by atoms with Crippen LogP contribution in [-0.2, 0) is 11.2 Å². The fourth-order valence-electron chi connectivity index (χ4n) is 3.09. The highest BCUT2D eigenvalue weighted by atomic mass is 32.1. The number of aromatic nitrogens is 2. The number of benzene rings is 2. The monoisotopic (exact) mass is 385 g/mol. The van der Waals surface area contributed by atoms with E-state index in [2.05, 4.69) is 15.3 Å². The molecule has 0 radical (unpaired) electrons. The molecule has 0 aliphatic carbocycles. The third kappa shape index (κ3) is 4.32. The summed E-state index contributed by atoms with van der Waals surface area (Å²) in [5.74, 6) is -0.299. The van der Waals surface area contributed by atoms with E-state index < -0.39 is 0 Å². The lowest BCUT2D eigenvalue weighted by Gasteiger charge is -2.17. The van der Waals surface area contributed by atoms with Crippen LogP contribution in [0.1, 0.15) is 17.0 Å². The molecule has 0 bridgehead atoms. The Morgan fingerprint density at radius 2 is 1.68 bits per heavy atom. The Bertz CT molecular complexity index is 1020. The number of thiazole rings is 1. The number of anilines is 1. The summed E-state index contributed by atoms with van der Waals surface area (Å²) in [5.41, 5.74) is 3.90. The molecule has 1 unspecified atom stereocenters. The molecule has 2 aromatic heterocycles. The average Bonchev–Trinajstić information content (AvgIpc) is 3.29. The number of carbonyl (C=O) groups is 1. The molecule has 4 nitrogen and oxygen atoms in total. The van der Waals surface area contributed by atoms with Crippen LogP contribution in [0.15, 0.2) is 90.7 Å². The summed E-state index contributed by atoms with van der Waals surface area (Å²) >= 11 is 1.60. The van der Waals surface area contributed by atoms with Crippen LogP contribution in [0.25, 0.3) is 10.6 Å². The van der Waals surface area contributed by atoms with E-state index in [0.717, 1.165) is 27.4 Å². The molecule has 0 saturated carbocycles. The van der Waals surface area contributed by atoms with Gasteiger partial charge in [-0.1, -0.05) is 30.3 Å². The zero-order valence-corrected chi connectivity index (χ0v) is 16.0. The van der Waals surface area contributed by atoms with Gasteiger partial charge in [0, 0.05) is 35.2 Å². The smallest absolute Gasteiger partial charge is 0.232 e. The van der Waals surface area contributed by atoms with Gasteiger partial charge in [0.15, 0.2) is 0 Å². The standard InChI is InChI=1S/C23H19N3OS/c27-22(26-20-8-6-19(7-9-20)23-25-14-15-28-23)21(18-4-2-1-3-5-18)16-17-10-12-24-13-11-17/h1-15,21H,16H2,(H,26,27). The van der Waals surface area contributed by atoms with Gasteiger partial charge >= 0.3 is 0 Å². The van der Waals surface area contributed by atoms with Gasteiger partial charge in [0.05, 0.1) is 5.92 Å². The van der Waals surface area contributed by atoms with E-state index in [-0.39, 0.29) is 11.8 Å². The van der Waals surface area contributed by atoms with Gasteiger partial charge in [-0.2, -0.15) is 0 Å². The van der Waals surface area contributed by atoms with Crippen molar-refractivity contribution in [3.05, 3.63) is 102 Å². The van der Waals surface area contributed by atoms with Crippen molar-refractivity contribution in [3.8, 4) is 10.6 Å². The number of hydrogen-bond donors (Lipinski definition) is 1. The molecular weight excluding hydrogens is 366 g/mol. The highest BCUT2D eigenvalue weighted by Gasteiger charge is 2.21. The number of nitrogens with zero attached hydrogens (tertiary/aromatic N) is 2. The highest BCUT2D eigenvalue weighted by Crippen LogP contribution is 2.25. The first kappa shape index (κ1) is 18.1. The molecule has 0 saturated heterocycles. The van der Waals surface area contributed by atoms with Gasteiger partial charge in [-0.25, -0.2) is 4.98 Å². The van der Waals surface area contributed by atoms with Crippen LogP contribution < -0.4 is 5.32 Å². The predicted molar refractivity (Wildman–Crippen MR) is 113 cm³/mol. The van der Waals surface area contributed by atoms with E-state index in [9.17, 15) is 4.79 Å². The van der Waals surface area contributed by atoms with Crippen molar-refractivity contribution in [3.63, 3.8) is 0 Å². The molecular formula is C23H19N3OS. The van der Waals surface area contributed by atoms with E-state index in [0.29, 0.717) is 6.42 Å². The molecule has 0 fully saturated rings. The second-order valence-corrected chi connectivity index (χ2v) is 7.32. The first-order valence-corrected chi connectivity index (χ1v) is 9.92. The molecule has 2 heterocycles. The van der Waals surface area contributed by atoms with Gasteiger partial charge in [0.1, 0.15) is 5.01 Å². The van der Waals surface area contributed by atoms with Crippen LogP contribution in [0.4, 0.5) is 5.69 Å². The van der Waals surface area contributed by atoms with Crippen molar-refractivity contribution in [2.75, 3.05) is 5.32 Å². The zero-order chi connectivity index (χ0) is 19.2. The molecule has 1 amide bonds. The molecule has 1 N–H and O–H groups in total. The summed E-state index contributed by atoms with van der Waals surface area (Å²) in [5, 5.41) is 5.98. The number of carbonyl (C=O) groups excluding carboxylic acids is 1. The lowest BCUT2D eigenvalue weighted by molar-refractivity contribution is -0.117. The van der Waals surface area contributed by atoms with Crippen molar-refractivity contribution in [2.24, 2.45) is 0 Å². The number of rotatable bonds is 6. The van der Waals surface area contributed by atoms with E-state index in [4.69, 9.17) is 0 Å². The summed E-state index contributed by atoms with van der Waals surface area (Å²) in [6.45, 7) is 0. The van der Waals surface area contributed by atoms with Crippen LogP contribution in [0, 0.1) is 0 Å². The number of nitrogens with one attached hydrogen (secondary N) is 1. The molecule has 28 heavy (non-hydrogen) atoms. The van der Waals surface area contributed by atoms with Crippen LogP contribution in [-0.4, -0.2) is 15.9 Å². The SMILES string of the molecule is O=C(Nc1ccc(-c2nccs2)cc1)C(Cc1ccncc1)c1ccccc1. The molecule has 0 aliphatic rings. The van der Waals surface area contributed by atoms with E-state index in [1.54, 1.807) is 29.9 Å². The van der Waals surface area contributed by atoms with Crippen molar-refractivity contribution in [2.45, 2.75) is 12.3 Å². The summed E-state index contributed by atoms with van der Waals surface area (Å²) in [4.78, 5) is 21.5. The van der Waals surface area contributed by atoms with Gasteiger partial charge in [0.2, 0.25) is 5.91 Å². The van der Waals surface area contributed by atoms with Crippen LogP contribution in [0.3, 0.4) is 0 Å². The first-order chi connectivity index (χ1) is 13.8. The Morgan fingerprint density at radius 3 is 2.36 bits per heavy atom. The van der Waals surface area contributed by atoms with Crippen molar-refractivity contribution in [1.82, 2.24) is 9.97 Å². The van der Waals surface area contributed by atoms with Crippen LogP contribution in [0.5, 0.6) is 0 Å². The number of hydrogen-bond acceptors (Lipinski definition) is 4. The van der Waals surface area contributed by atoms with E-state index in [1.807, 2.05) is 72.1 Å². The minimum atomic E-state index is -0.276. The summed E-state index contributed by atoms with van der Waals surface area (Å²) in [6, 6.07) is 21.6. The normalized spacial score (nSPS) is 11.7. The fourth-order valence-corrected chi connectivity index (χ4v) is 3.74. The molecule has 4 rings (SSSR count). The predicted octanol–water partition coefficient (Wildman–Crippen LogP) is 5.17. The maximum absolute atomic E-state index is 13.1. The quantitative estimate of drug-likeness (QED) is 0.498. The lowest BCUT2D eigenvalue weighted by Crippen LogP contribution is -2.23. The Labute approximate surface area is 167 Å². The molecule has 138 valence electrons. The highest BCUT2D eigenvalue weighted by molar-refractivity contribution is 7.13. The maximum Gasteiger partial charge on any atom is 0.232 e. The minimum absolute atomic E-state index is 0.0231. The third-order valence-corrected chi connectivity index (χ3v) is 5.36. The third-order valence-electron chi connectivity index (χ3n) is 4.54. The average molecular weight is 385 g/mol. The Balaban J connectivity index is 1.53. The lowest BCUT2D eigenvalue weighted by atomic mass is 9.91. The van der Waals surface area contributed by atoms with Crippen molar-refractivity contribution < 1.29 is 4.79 Å². The molecule has 2 aromatic carbocycles. The molecule has 0 spiro atoms. The minimum Gasteiger partial charge on any atom is -0.326 e.